The van der Waals surface area contributed by atoms with Gasteiger partial charge in [-0.25, -0.2) is 4.39 Å². The number of aromatic amines is 1. The van der Waals surface area contributed by atoms with Gasteiger partial charge in [0.25, 0.3) is 0 Å². The first-order valence-electron chi connectivity index (χ1n) is 8.42. The van der Waals surface area contributed by atoms with Crippen molar-refractivity contribution in [3.8, 4) is 0 Å². The van der Waals surface area contributed by atoms with Gasteiger partial charge in [0, 0.05) is 35.7 Å². The summed E-state index contributed by atoms with van der Waals surface area (Å²) in [5.41, 5.74) is 2.77. The lowest BCUT2D eigenvalue weighted by Crippen LogP contribution is -2.50. The molecule has 134 valence electrons. The third kappa shape index (κ3) is 3.32. The molecule has 5 nitrogen and oxygen atoms in total. The average Bonchev–Trinajstić information content (AvgIpc) is 3.15. The first kappa shape index (κ1) is 17.1. The summed E-state index contributed by atoms with van der Waals surface area (Å²) in [7, 11) is 1.79. The summed E-state index contributed by atoms with van der Waals surface area (Å²) in [5.74, 6) is 1.35. The summed E-state index contributed by atoms with van der Waals surface area (Å²) >= 11 is 1.74. The molecule has 2 atom stereocenters. The Bertz CT molecular complexity index is 927. The van der Waals surface area contributed by atoms with Crippen molar-refractivity contribution in [1.29, 1.82) is 0 Å². The Balaban J connectivity index is 1.50. The maximum atomic E-state index is 13.1. The van der Waals surface area contributed by atoms with E-state index in [9.17, 15) is 9.18 Å². The van der Waals surface area contributed by atoms with E-state index in [1.807, 2.05) is 18.2 Å². The van der Waals surface area contributed by atoms with Crippen LogP contribution in [0.3, 0.4) is 0 Å². The molecule has 1 aliphatic heterocycles. The number of thioether (sulfide) groups is 1. The Labute approximate surface area is 155 Å². The fraction of sp³-hybridized carbons (Fsp3) is 0.263. The van der Waals surface area contributed by atoms with Crippen LogP contribution in [0.15, 0.2) is 48.7 Å². The molecule has 2 heterocycles. The Morgan fingerprint density at radius 3 is 2.85 bits per heavy atom. The number of likely N-dealkylation sites (N-methyl/N-ethyl adjacent to an activating group) is 1. The number of halogens is 1. The topological polar surface area (TPSA) is 61.0 Å². The zero-order chi connectivity index (χ0) is 18.1. The molecule has 1 unspecified atom stereocenters. The van der Waals surface area contributed by atoms with Gasteiger partial charge in [-0.3, -0.25) is 15.2 Å². The van der Waals surface area contributed by atoms with E-state index >= 15 is 0 Å². The van der Waals surface area contributed by atoms with Gasteiger partial charge in [0.15, 0.2) is 0 Å². The standard InChI is InChI=1S/C19H19FN4OS/c1-24(15-6-7-16-13(8-15)9-21-23-16)19(25)18-11-26-10-17(22-18)12-2-4-14(20)5-3-12/h2-9,17-18,22H,10-11H2,1H3,(H,21,23)/t17?,18-/m0/s1. The molecule has 0 radical (unpaired) electrons. The van der Waals surface area contributed by atoms with Gasteiger partial charge in [0.2, 0.25) is 5.91 Å². The minimum absolute atomic E-state index is 0.0205. The van der Waals surface area contributed by atoms with Crippen LogP contribution >= 0.6 is 11.8 Å². The smallest absolute Gasteiger partial charge is 0.244 e. The maximum Gasteiger partial charge on any atom is 0.244 e. The van der Waals surface area contributed by atoms with Crippen molar-refractivity contribution in [2.24, 2.45) is 0 Å². The highest BCUT2D eigenvalue weighted by molar-refractivity contribution is 7.99. The molecule has 0 spiro atoms. The number of benzene rings is 2. The molecule has 2 aromatic carbocycles. The van der Waals surface area contributed by atoms with E-state index in [2.05, 4.69) is 15.5 Å². The largest absolute Gasteiger partial charge is 0.314 e. The van der Waals surface area contributed by atoms with E-state index in [1.165, 1.54) is 12.1 Å². The van der Waals surface area contributed by atoms with Crippen LogP contribution in [0.25, 0.3) is 10.9 Å². The number of nitrogens with zero attached hydrogens (tertiary/aromatic N) is 2. The molecule has 0 bridgehead atoms. The van der Waals surface area contributed by atoms with Gasteiger partial charge in [-0.15, -0.1) is 0 Å². The van der Waals surface area contributed by atoms with Crippen LogP contribution in [0.1, 0.15) is 11.6 Å². The van der Waals surface area contributed by atoms with Gasteiger partial charge in [0.05, 0.1) is 17.8 Å². The molecule has 1 amide bonds. The van der Waals surface area contributed by atoms with Crippen LogP contribution < -0.4 is 10.2 Å². The van der Waals surface area contributed by atoms with Gasteiger partial charge in [-0.2, -0.15) is 16.9 Å². The highest BCUT2D eigenvalue weighted by atomic mass is 32.2. The number of rotatable bonds is 3. The number of carbonyl (C=O) groups is 1. The van der Waals surface area contributed by atoms with Gasteiger partial charge in [-0.05, 0) is 35.9 Å². The van der Waals surface area contributed by atoms with Crippen molar-refractivity contribution >= 4 is 34.3 Å². The van der Waals surface area contributed by atoms with E-state index in [0.29, 0.717) is 0 Å². The molecule has 0 saturated carbocycles. The first-order valence-corrected chi connectivity index (χ1v) is 9.57. The first-order chi connectivity index (χ1) is 12.6. The lowest BCUT2D eigenvalue weighted by Gasteiger charge is -2.32. The van der Waals surface area contributed by atoms with Crippen LogP contribution in [0.2, 0.25) is 0 Å². The predicted molar refractivity (Wildman–Crippen MR) is 103 cm³/mol. The third-order valence-electron chi connectivity index (χ3n) is 4.68. The summed E-state index contributed by atoms with van der Waals surface area (Å²) in [6, 6.07) is 12.0. The lowest BCUT2D eigenvalue weighted by molar-refractivity contribution is -0.120. The normalized spacial score (nSPS) is 20.2. The molecular formula is C19H19FN4OS. The van der Waals surface area contributed by atoms with E-state index in [0.717, 1.165) is 33.7 Å². The molecule has 26 heavy (non-hydrogen) atoms. The minimum atomic E-state index is -0.283. The second-order valence-corrected chi connectivity index (χ2v) is 7.47. The maximum absolute atomic E-state index is 13.1. The summed E-state index contributed by atoms with van der Waals surface area (Å²) < 4.78 is 13.1. The fourth-order valence-corrected chi connectivity index (χ4v) is 4.31. The van der Waals surface area contributed by atoms with Crippen LogP contribution in [0, 0.1) is 5.82 Å². The van der Waals surface area contributed by atoms with Crippen molar-refractivity contribution in [1.82, 2.24) is 15.5 Å². The number of aromatic nitrogens is 2. The second kappa shape index (κ2) is 7.09. The number of carbonyl (C=O) groups excluding carboxylic acids is 1. The molecule has 1 aromatic heterocycles. The SMILES string of the molecule is CN(C(=O)[C@@H]1CSCC(c2ccc(F)cc2)N1)c1ccc2[nH]ncc2c1. The highest BCUT2D eigenvalue weighted by Crippen LogP contribution is 2.27. The number of hydrogen-bond acceptors (Lipinski definition) is 4. The van der Waals surface area contributed by atoms with E-state index in [4.69, 9.17) is 0 Å². The van der Waals surface area contributed by atoms with Crippen molar-refractivity contribution < 1.29 is 9.18 Å². The van der Waals surface area contributed by atoms with Crippen molar-refractivity contribution in [3.05, 3.63) is 60.0 Å². The molecule has 3 aromatic rings. The number of hydrogen-bond donors (Lipinski definition) is 2. The van der Waals surface area contributed by atoms with Crippen LogP contribution in [-0.4, -0.2) is 40.7 Å². The van der Waals surface area contributed by atoms with Crippen molar-refractivity contribution in [3.63, 3.8) is 0 Å². The van der Waals surface area contributed by atoms with Gasteiger partial charge >= 0.3 is 0 Å². The summed E-state index contributed by atoms with van der Waals surface area (Å²) in [4.78, 5) is 14.6. The quantitative estimate of drug-likeness (QED) is 0.744. The van der Waals surface area contributed by atoms with Gasteiger partial charge < -0.3 is 4.90 Å². The number of H-pyrrole nitrogens is 1. The number of fused-ring (bicyclic) bond motifs is 1. The molecule has 7 heteroatoms. The lowest BCUT2D eigenvalue weighted by atomic mass is 10.1. The van der Waals surface area contributed by atoms with Crippen LogP contribution in [0.5, 0.6) is 0 Å². The van der Waals surface area contributed by atoms with E-state index in [-0.39, 0.29) is 23.8 Å². The highest BCUT2D eigenvalue weighted by Gasteiger charge is 2.30. The molecule has 0 aliphatic carbocycles. The van der Waals surface area contributed by atoms with E-state index in [1.54, 1.807) is 42.0 Å². The van der Waals surface area contributed by atoms with Crippen LogP contribution in [-0.2, 0) is 4.79 Å². The molecule has 1 saturated heterocycles. The Hall–Kier alpha value is -2.38. The number of anilines is 1. The number of nitrogens with one attached hydrogen (secondary N) is 2. The Morgan fingerprint density at radius 2 is 2.04 bits per heavy atom. The monoisotopic (exact) mass is 370 g/mol. The molecular weight excluding hydrogens is 351 g/mol. The molecule has 4 rings (SSSR count). The summed E-state index contributed by atoms with van der Waals surface area (Å²) in [5, 5.41) is 11.3. The van der Waals surface area contributed by atoms with Gasteiger partial charge in [0.1, 0.15) is 5.82 Å². The predicted octanol–water partition coefficient (Wildman–Crippen LogP) is 3.11. The fourth-order valence-electron chi connectivity index (χ4n) is 3.17. The van der Waals surface area contributed by atoms with E-state index < -0.39 is 0 Å². The van der Waals surface area contributed by atoms with Crippen molar-refractivity contribution in [2.75, 3.05) is 23.5 Å². The third-order valence-corrected chi connectivity index (χ3v) is 5.82. The Morgan fingerprint density at radius 1 is 1.23 bits per heavy atom. The van der Waals surface area contributed by atoms with Crippen LogP contribution in [0.4, 0.5) is 10.1 Å². The minimum Gasteiger partial charge on any atom is -0.314 e. The van der Waals surface area contributed by atoms with Crippen molar-refractivity contribution in [2.45, 2.75) is 12.1 Å². The number of amides is 1. The molecule has 2 N–H and O–H groups in total. The zero-order valence-corrected chi connectivity index (χ0v) is 15.1. The summed E-state index contributed by atoms with van der Waals surface area (Å²) in [6.45, 7) is 0. The molecule has 1 fully saturated rings. The zero-order valence-electron chi connectivity index (χ0n) is 14.3. The second-order valence-electron chi connectivity index (χ2n) is 6.40. The summed E-state index contributed by atoms with van der Waals surface area (Å²) in [6.07, 6.45) is 1.75. The van der Waals surface area contributed by atoms with Gasteiger partial charge in [-0.1, -0.05) is 12.1 Å². The molecule has 1 aliphatic rings. The average molecular weight is 370 g/mol. The Kier molecular flexibility index (Phi) is 4.65.